The summed E-state index contributed by atoms with van der Waals surface area (Å²) in [5, 5.41) is 9.17. The smallest absolute Gasteiger partial charge is 0.217 e. The summed E-state index contributed by atoms with van der Waals surface area (Å²) in [6, 6.07) is 3.77. The van der Waals surface area contributed by atoms with Crippen molar-refractivity contribution in [2.75, 3.05) is 7.11 Å². The van der Waals surface area contributed by atoms with Crippen molar-refractivity contribution in [1.82, 2.24) is 9.97 Å². The molecule has 0 atom stereocenters. The van der Waals surface area contributed by atoms with Crippen LogP contribution in [-0.4, -0.2) is 17.1 Å². The van der Waals surface area contributed by atoms with Gasteiger partial charge in [0.2, 0.25) is 5.88 Å². The number of hydrogen-bond donors (Lipinski definition) is 0. The van der Waals surface area contributed by atoms with Crippen LogP contribution in [0.4, 0.5) is 0 Å². The van der Waals surface area contributed by atoms with Gasteiger partial charge in [0.1, 0.15) is 17.6 Å². The lowest BCUT2D eigenvalue weighted by Gasteiger charge is -2.55. The van der Waals surface area contributed by atoms with E-state index in [9.17, 15) is 0 Å². The molecule has 0 N–H and O–H groups in total. The van der Waals surface area contributed by atoms with E-state index in [-0.39, 0.29) is 5.41 Å². The molecule has 0 aromatic carbocycles. The van der Waals surface area contributed by atoms with Crippen molar-refractivity contribution in [3.05, 3.63) is 17.6 Å². The number of methoxy groups -OCH3 is 1. The Labute approximate surface area is 119 Å². The van der Waals surface area contributed by atoms with Crippen LogP contribution in [0.15, 0.2) is 6.07 Å². The Bertz CT molecular complexity index is 555. The third kappa shape index (κ3) is 1.72. The van der Waals surface area contributed by atoms with Crippen molar-refractivity contribution in [1.29, 1.82) is 5.26 Å². The third-order valence-electron chi connectivity index (χ3n) is 5.54. The number of nitrogens with zero attached hydrogens (tertiary/aromatic N) is 3. The predicted octanol–water partition coefficient (Wildman–Crippen LogP) is 2.82. The van der Waals surface area contributed by atoms with Crippen LogP contribution >= 0.6 is 0 Å². The molecule has 0 spiro atoms. The van der Waals surface area contributed by atoms with Crippen molar-refractivity contribution in [2.24, 2.45) is 17.8 Å². The summed E-state index contributed by atoms with van der Waals surface area (Å²) in [4.78, 5) is 9.14. The summed E-state index contributed by atoms with van der Waals surface area (Å²) in [6.07, 6.45) is 7.81. The van der Waals surface area contributed by atoms with Crippen LogP contribution in [0.3, 0.4) is 0 Å². The second-order valence-electron chi connectivity index (χ2n) is 6.93. The van der Waals surface area contributed by atoms with Crippen LogP contribution in [0.5, 0.6) is 5.88 Å². The molecule has 1 aromatic rings. The van der Waals surface area contributed by atoms with Gasteiger partial charge in [-0.2, -0.15) is 10.2 Å². The molecule has 0 amide bonds. The molecule has 4 aliphatic carbocycles. The standard InChI is InChI=1S/C16H19N3O/c1-20-14-5-13(9-17)18-15(19-14)16-6-10-2-11(7-16)4-12(3-10)8-16/h5,10-12H,2-4,6-8H2,1H3. The van der Waals surface area contributed by atoms with Crippen LogP contribution in [-0.2, 0) is 5.41 Å². The number of ether oxygens (including phenoxy) is 1. The number of rotatable bonds is 2. The maximum absolute atomic E-state index is 9.17. The fourth-order valence-electron chi connectivity index (χ4n) is 5.21. The van der Waals surface area contributed by atoms with Gasteiger partial charge >= 0.3 is 0 Å². The Hall–Kier alpha value is -1.63. The Morgan fingerprint density at radius 3 is 2.25 bits per heavy atom. The van der Waals surface area contributed by atoms with E-state index in [1.54, 1.807) is 13.2 Å². The summed E-state index contributed by atoms with van der Waals surface area (Å²) >= 11 is 0. The Morgan fingerprint density at radius 2 is 1.75 bits per heavy atom. The Morgan fingerprint density at radius 1 is 1.15 bits per heavy atom. The summed E-state index contributed by atoms with van der Waals surface area (Å²) in [5.41, 5.74) is 0.553. The highest BCUT2D eigenvalue weighted by Gasteiger charge is 2.53. The SMILES string of the molecule is COc1cc(C#N)nc(C23CC4CC(CC(C4)C2)C3)n1. The minimum Gasteiger partial charge on any atom is -0.481 e. The zero-order valence-corrected chi connectivity index (χ0v) is 11.8. The lowest BCUT2D eigenvalue weighted by molar-refractivity contribution is -0.00966. The van der Waals surface area contributed by atoms with Gasteiger partial charge in [-0.05, 0) is 56.3 Å². The average Bonchev–Trinajstić information content (AvgIpc) is 2.45. The second kappa shape index (κ2) is 4.18. The number of nitriles is 1. The molecule has 0 unspecified atom stereocenters. The van der Waals surface area contributed by atoms with Gasteiger partial charge in [-0.15, -0.1) is 0 Å². The molecule has 4 bridgehead atoms. The van der Waals surface area contributed by atoms with E-state index in [1.807, 2.05) is 0 Å². The molecule has 4 saturated carbocycles. The topological polar surface area (TPSA) is 58.8 Å². The van der Waals surface area contributed by atoms with E-state index >= 15 is 0 Å². The fourth-order valence-corrected chi connectivity index (χ4v) is 5.21. The first kappa shape index (κ1) is 12.1. The Kier molecular flexibility index (Phi) is 2.54. The summed E-state index contributed by atoms with van der Waals surface area (Å²) in [6.45, 7) is 0. The first-order valence-corrected chi connectivity index (χ1v) is 7.54. The highest BCUT2D eigenvalue weighted by Crippen LogP contribution is 2.60. The van der Waals surface area contributed by atoms with E-state index < -0.39 is 0 Å². The zero-order chi connectivity index (χ0) is 13.7. The monoisotopic (exact) mass is 269 g/mol. The molecule has 4 nitrogen and oxygen atoms in total. The van der Waals surface area contributed by atoms with Crippen molar-refractivity contribution in [2.45, 2.75) is 43.9 Å². The Balaban J connectivity index is 1.79. The van der Waals surface area contributed by atoms with Gasteiger partial charge in [-0.1, -0.05) is 0 Å². The summed E-state index contributed by atoms with van der Waals surface area (Å²) in [7, 11) is 1.60. The first-order valence-electron chi connectivity index (χ1n) is 7.54. The van der Waals surface area contributed by atoms with E-state index in [2.05, 4.69) is 16.0 Å². The molecule has 4 aliphatic rings. The summed E-state index contributed by atoms with van der Waals surface area (Å²) < 4.78 is 5.26. The summed E-state index contributed by atoms with van der Waals surface area (Å²) in [5.74, 6) is 3.94. The predicted molar refractivity (Wildman–Crippen MR) is 73.1 cm³/mol. The molecule has 1 aromatic heterocycles. The maximum atomic E-state index is 9.17. The van der Waals surface area contributed by atoms with E-state index in [4.69, 9.17) is 10.00 Å². The molecule has 0 aliphatic heterocycles. The van der Waals surface area contributed by atoms with Gasteiger partial charge in [0.25, 0.3) is 0 Å². The van der Waals surface area contributed by atoms with Gasteiger partial charge < -0.3 is 4.74 Å². The molecule has 0 saturated heterocycles. The molecular formula is C16H19N3O. The van der Waals surface area contributed by atoms with Gasteiger partial charge in [0.05, 0.1) is 7.11 Å². The van der Waals surface area contributed by atoms with Gasteiger partial charge in [-0.25, -0.2) is 4.98 Å². The van der Waals surface area contributed by atoms with E-state index in [0.717, 1.165) is 23.6 Å². The van der Waals surface area contributed by atoms with Gasteiger partial charge in [0.15, 0.2) is 0 Å². The molecule has 20 heavy (non-hydrogen) atoms. The average molecular weight is 269 g/mol. The largest absolute Gasteiger partial charge is 0.481 e. The lowest BCUT2D eigenvalue weighted by Crippen LogP contribution is -2.49. The lowest BCUT2D eigenvalue weighted by atomic mass is 9.49. The van der Waals surface area contributed by atoms with Crippen molar-refractivity contribution in [3.63, 3.8) is 0 Å². The van der Waals surface area contributed by atoms with Gasteiger partial charge in [0, 0.05) is 11.5 Å². The zero-order valence-electron chi connectivity index (χ0n) is 11.8. The minimum atomic E-state index is 0.120. The molecule has 5 rings (SSSR count). The first-order chi connectivity index (χ1) is 9.70. The van der Waals surface area contributed by atoms with Crippen molar-refractivity contribution >= 4 is 0 Å². The maximum Gasteiger partial charge on any atom is 0.217 e. The van der Waals surface area contributed by atoms with E-state index in [1.165, 1.54) is 38.5 Å². The highest BCUT2D eigenvalue weighted by molar-refractivity contribution is 5.29. The molecule has 4 fully saturated rings. The van der Waals surface area contributed by atoms with Crippen LogP contribution < -0.4 is 4.74 Å². The van der Waals surface area contributed by atoms with Gasteiger partial charge in [-0.3, -0.25) is 0 Å². The number of hydrogen-bond acceptors (Lipinski definition) is 4. The quantitative estimate of drug-likeness (QED) is 0.828. The third-order valence-corrected chi connectivity index (χ3v) is 5.54. The number of aromatic nitrogens is 2. The molecule has 1 heterocycles. The molecule has 104 valence electrons. The van der Waals surface area contributed by atoms with E-state index in [0.29, 0.717) is 11.6 Å². The van der Waals surface area contributed by atoms with Crippen LogP contribution in [0.25, 0.3) is 0 Å². The van der Waals surface area contributed by atoms with Crippen LogP contribution in [0.1, 0.15) is 50.0 Å². The minimum absolute atomic E-state index is 0.120. The van der Waals surface area contributed by atoms with Crippen LogP contribution in [0, 0.1) is 29.1 Å². The molecule has 4 heteroatoms. The van der Waals surface area contributed by atoms with Crippen molar-refractivity contribution in [3.8, 4) is 11.9 Å². The molecule has 0 radical (unpaired) electrons. The van der Waals surface area contributed by atoms with Crippen LogP contribution in [0.2, 0.25) is 0 Å². The second-order valence-corrected chi connectivity index (χ2v) is 6.93. The normalized spacial score (nSPS) is 37.7. The molecular weight excluding hydrogens is 250 g/mol. The van der Waals surface area contributed by atoms with Crippen molar-refractivity contribution < 1.29 is 4.74 Å². The fraction of sp³-hybridized carbons (Fsp3) is 0.688. The highest BCUT2D eigenvalue weighted by atomic mass is 16.5.